The maximum absolute atomic E-state index is 13.3. The number of hydrogen-bond donors (Lipinski definition) is 2. The van der Waals surface area contributed by atoms with Gasteiger partial charge in [-0.2, -0.15) is 0 Å². The van der Waals surface area contributed by atoms with E-state index < -0.39 is 0 Å². The van der Waals surface area contributed by atoms with Crippen molar-refractivity contribution in [2.45, 2.75) is 59.3 Å². The molecule has 0 unspecified atom stereocenters. The van der Waals surface area contributed by atoms with Gasteiger partial charge >= 0.3 is 0 Å². The van der Waals surface area contributed by atoms with Crippen LogP contribution in [-0.2, 0) is 10.8 Å². The molecule has 0 saturated heterocycles. The highest BCUT2D eigenvalue weighted by molar-refractivity contribution is 5.70. The van der Waals surface area contributed by atoms with Gasteiger partial charge in [-0.25, -0.2) is 4.68 Å². The summed E-state index contributed by atoms with van der Waals surface area (Å²) in [4.78, 5) is 13.3. The van der Waals surface area contributed by atoms with Crippen LogP contribution in [-0.4, -0.2) is 14.9 Å². The third kappa shape index (κ3) is 3.51. The van der Waals surface area contributed by atoms with Crippen LogP contribution >= 0.6 is 0 Å². The van der Waals surface area contributed by atoms with Crippen molar-refractivity contribution in [3.8, 4) is 22.6 Å². The minimum absolute atomic E-state index is 0.0888. The molecule has 1 aromatic heterocycles. The van der Waals surface area contributed by atoms with Crippen LogP contribution in [0.3, 0.4) is 0 Å². The van der Waals surface area contributed by atoms with E-state index in [-0.39, 0.29) is 16.4 Å². The topological polar surface area (TPSA) is 58.0 Å². The summed E-state index contributed by atoms with van der Waals surface area (Å²) in [7, 11) is 0. The first-order valence-corrected chi connectivity index (χ1v) is 9.66. The Kier molecular flexibility index (Phi) is 4.78. The number of aromatic hydroxyl groups is 1. The van der Waals surface area contributed by atoms with E-state index >= 15 is 0 Å². The van der Waals surface area contributed by atoms with E-state index in [4.69, 9.17) is 0 Å². The lowest BCUT2D eigenvalue weighted by Crippen LogP contribution is -2.19. The molecule has 2 aromatic carbocycles. The molecule has 148 valence electrons. The Labute approximate surface area is 166 Å². The smallest absolute Gasteiger partial charge is 0.279 e. The van der Waals surface area contributed by atoms with Gasteiger partial charge in [0.2, 0.25) is 0 Å². The quantitative estimate of drug-likeness (QED) is 0.624. The van der Waals surface area contributed by atoms with Crippen molar-refractivity contribution in [2.24, 2.45) is 0 Å². The number of benzene rings is 2. The van der Waals surface area contributed by atoms with E-state index in [0.29, 0.717) is 11.3 Å². The van der Waals surface area contributed by atoms with Gasteiger partial charge < -0.3 is 5.11 Å². The van der Waals surface area contributed by atoms with Crippen LogP contribution in [0.4, 0.5) is 0 Å². The molecule has 0 bridgehead atoms. The molecule has 0 radical (unpaired) electrons. The predicted molar refractivity (Wildman–Crippen MR) is 116 cm³/mol. The zero-order valence-corrected chi connectivity index (χ0v) is 17.8. The van der Waals surface area contributed by atoms with Crippen molar-refractivity contribution in [2.75, 3.05) is 0 Å². The molecule has 2 N–H and O–H groups in total. The zero-order valence-electron chi connectivity index (χ0n) is 17.8. The van der Waals surface area contributed by atoms with Crippen molar-refractivity contribution in [3.63, 3.8) is 0 Å². The molecule has 1 heterocycles. The lowest BCUT2D eigenvalue weighted by atomic mass is 9.78. The van der Waals surface area contributed by atoms with Crippen LogP contribution in [0.15, 0.2) is 47.3 Å². The number of nitrogens with one attached hydrogen (secondary N) is 1. The van der Waals surface area contributed by atoms with Crippen molar-refractivity contribution in [3.05, 3.63) is 69.6 Å². The number of rotatable bonds is 2. The zero-order chi connectivity index (χ0) is 20.9. The molecule has 4 heteroatoms. The minimum atomic E-state index is -0.247. The fraction of sp³-hybridized carbons (Fsp3) is 0.375. The molecule has 3 rings (SSSR count). The number of para-hydroxylation sites is 1. The second-order valence-electron chi connectivity index (χ2n) is 9.51. The van der Waals surface area contributed by atoms with Gasteiger partial charge in [0, 0.05) is 16.8 Å². The van der Waals surface area contributed by atoms with Crippen LogP contribution in [0.2, 0.25) is 0 Å². The normalized spacial score (nSPS) is 12.4. The predicted octanol–water partition coefficient (Wildman–Crippen LogP) is 5.44. The summed E-state index contributed by atoms with van der Waals surface area (Å²) in [5.74, 6) is 0.320. The number of H-pyrrole nitrogens is 1. The molecular weight excluding hydrogens is 348 g/mol. The van der Waals surface area contributed by atoms with Gasteiger partial charge in [0.25, 0.3) is 5.56 Å². The lowest BCUT2D eigenvalue weighted by Gasteiger charge is -2.28. The molecule has 0 aliphatic heterocycles. The number of phenolic OH excluding ortho intramolecular Hbond substituents is 1. The molecule has 4 nitrogen and oxygen atoms in total. The Morgan fingerprint density at radius 2 is 1.39 bits per heavy atom. The summed E-state index contributed by atoms with van der Waals surface area (Å²) in [6.45, 7) is 14.4. The number of hydrogen-bond acceptors (Lipinski definition) is 2. The summed E-state index contributed by atoms with van der Waals surface area (Å²) in [5, 5.41) is 14.2. The van der Waals surface area contributed by atoms with Gasteiger partial charge in [-0.3, -0.25) is 9.89 Å². The number of nitrogens with zero attached hydrogens (tertiary/aromatic N) is 1. The molecule has 0 aliphatic carbocycles. The standard InChI is InChI=1S/C24H30N2O2/c1-15-20(22(28)26(25-15)17-11-9-8-10-12-17)16-13-18(23(2,3)4)21(27)19(14-16)24(5,6)7/h8-14,25,27H,1-7H3. The SMILES string of the molecule is Cc1[nH]n(-c2ccccc2)c(=O)c1-c1cc(C(C)(C)C)c(O)c(C(C)(C)C)c1. The first-order chi connectivity index (χ1) is 12.9. The second kappa shape index (κ2) is 6.69. The lowest BCUT2D eigenvalue weighted by molar-refractivity contribution is 0.423. The summed E-state index contributed by atoms with van der Waals surface area (Å²) in [5.41, 5.74) is 4.19. The van der Waals surface area contributed by atoms with Gasteiger partial charge in [0.15, 0.2) is 0 Å². The van der Waals surface area contributed by atoms with Gasteiger partial charge in [0.05, 0.1) is 11.3 Å². The van der Waals surface area contributed by atoms with Gasteiger partial charge in [-0.1, -0.05) is 59.7 Å². The van der Waals surface area contributed by atoms with Gasteiger partial charge in [-0.05, 0) is 47.6 Å². The maximum Gasteiger partial charge on any atom is 0.279 e. The van der Waals surface area contributed by atoms with Crippen LogP contribution < -0.4 is 5.56 Å². The third-order valence-electron chi connectivity index (χ3n) is 5.10. The van der Waals surface area contributed by atoms with E-state index in [1.54, 1.807) is 4.68 Å². The first kappa shape index (κ1) is 20.0. The molecule has 0 aliphatic rings. The van der Waals surface area contributed by atoms with E-state index in [9.17, 15) is 9.90 Å². The highest BCUT2D eigenvalue weighted by atomic mass is 16.3. The molecule has 0 saturated carbocycles. The molecular formula is C24H30N2O2. The Hall–Kier alpha value is -2.75. The Balaban J connectivity index is 2.31. The van der Waals surface area contributed by atoms with Crippen LogP contribution in [0, 0.1) is 6.92 Å². The van der Waals surface area contributed by atoms with Crippen molar-refractivity contribution in [1.29, 1.82) is 0 Å². The number of aryl methyl sites for hydroxylation is 1. The molecule has 0 fully saturated rings. The van der Waals surface area contributed by atoms with Crippen molar-refractivity contribution >= 4 is 0 Å². The Morgan fingerprint density at radius 3 is 1.86 bits per heavy atom. The van der Waals surface area contributed by atoms with Gasteiger partial charge in [0.1, 0.15) is 5.75 Å². The van der Waals surface area contributed by atoms with E-state index in [1.165, 1.54) is 0 Å². The molecule has 0 spiro atoms. The summed E-state index contributed by atoms with van der Waals surface area (Å²) >= 11 is 0. The monoisotopic (exact) mass is 378 g/mol. The first-order valence-electron chi connectivity index (χ1n) is 9.66. The highest BCUT2D eigenvalue weighted by Gasteiger charge is 2.28. The summed E-state index contributed by atoms with van der Waals surface area (Å²) < 4.78 is 1.57. The molecule has 3 aromatic rings. The van der Waals surface area contributed by atoms with Crippen molar-refractivity contribution < 1.29 is 5.11 Å². The number of phenols is 1. The fourth-order valence-electron chi connectivity index (χ4n) is 3.57. The summed E-state index contributed by atoms with van der Waals surface area (Å²) in [6, 6.07) is 13.5. The molecule has 28 heavy (non-hydrogen) atoms. The van der Waals surface area contributed by atoms with E-state index in [0.717, 1.165) is 28.1 Å². The largest absolute Gasteiger partial charge is 0.507 e. The van der Waals surface area contributed by atoms with Crippen LogP contribution in [0.5, 0.6) is 5.75 Å². The fourth-order valence-corrected chi connectivity index (χ4v) is 3.57. The van der Waals surface area contributed by atoms with Crippen LogP contribution in [0.25, 0.3) is 16.8 Å². The van der Waals surface area contributed by atoms with Gasteiger partial charge in [-0.15, -0.1) is 0 Å². The third-order valence-corrected chi connectivity index (χ3v) is 5.10. The van der Waals surface area contributed by atoms with Crippen molar-refractivity contribution in [1.82, 2.24) is 9.78 Å². The van der Waals surface area contributed by atoms with E-state index in [1.807, 2.05) is 49.4 Å². The Morgan fingerprint density at radius 1 is 0.893 bits per heavy atom. The molecule has 0 amide bonds. The molecule has 0 atom stereocenters. The number of aromatic amines is 1. The maximum atomic E-state index is 13.3. The average molecular weight is 379 g/mol. The number of aromatic nitrogens is 2. The minimum Gasteiger partial charge on any atom is -0.507 e. The average Bonchev–Trinajstić information content (AvgIpc) is 2.88. The van der Waals surface area contributed by atoms with Crippen LogP contribution in [0.1, 0.15) is 58.4 Å². The Bertz CT molecular complexity index is 1020. The second-order valence-corrected chi connectivity index (χ2v) is 9.51. The summed E-state index contributed by atoms with van der Waals surface area (Å²) in [6.07, 6.45) is 0. The highest BCUT2D eigenvalue weighted by Crippen LogP contribution is 2.41. The van der Waals surface area contributed by atoms with E-state index in [2.05, 4.69) is 46.6 Å².